The molecule has 0 atom stereocenters. The summed E-state index contributed by atoms with van der Waals surface area (Å²) in [5, 5.41) is 14.0. The van der Waals surface area contributed by atoms with Gasteiger partial charge in [-0.3, -0.25) is 9.59 Å². The van der Waals surface area contributed by atoms with Crippen LogP contribution in [0.4, 0.5) is 5.69 Å². The van der Waals surface area contributed by atoms with E-state index in [1.165, 1.54) is 11.8 Å². The summed E-state index contributed by atoms with van der Waals surface area (Å²) >= 11 is 1.52. The SMILES string of the molecule is O=C(CO)NCCc1ccc2c(c1)NC(=O)CS2. The average molecular weight is 266 g/mol. The fourth-order valence-electron chi connectivity index (χ4n) is 1.69. The fraction of sp³-hybridized carbons (Fsp3) is 0.333. The highest BCUT2D eigenvalue weighted by atomic mass is 32.2. The maximum absolute atomic E-state index is 11.3. The summed E-state index contributed by atoms with van der Waals surface area (Å²) in [6, 6.07) is 5.88. The van der Waals surface area contributed by atoms with Crippen molar-refractivity contribution in [2.24, 2.45) is 0 Å². The number of amides is 2. The molecule has 1 aromatic rings. The standard InChI is InChI=1S/C12H14N2O3S/c15-6-11(16)13-4-3-8-1-2-10-9(5-8)14-12(17)7-18-10/h1-2,5,15H,3-4,6-7H2,(H,13,16)(H,14,17). The molecular formula is C12H14N2O3S. The smallest absolute Gasteiger partial charge is 0.245 e. The highest BCUT2D eigenvalue weighted by Gasteiger charge is 2.15. The number of thioether (sulfide) groups is 1. The van der Waals surface area contributed by atoms with Crippen LogP contribution in [0, 0.1) is 0 Å². The molecule has 1 aromatic carbocycles. The van der Waals surface area contributed by atoms with Crippen LogP contribution in [0.2, 0.25) is 0 Å². The van der Waals surface area contributed by atoms with E-state index in [0.29, 0.717) is 18.7 Å². The normalized spacial score (nSPS) is 13.7. The highest BCUT2D eigenvalue weighted by Crippen LogP contribution is 2.31. The zero-order valence-electron chi connectivity index (χ0n) is 9.73. The van der Waals surface area contributed by atoms with Crippen LogP contribution in [0.3, 0.4) is 0 Å². The van der Waals surface area contributed by atoms with E-state index in [1.54, 1.807) is 0 Å². The van der Waals surface area contributed by atoms with Crippen LogP contribution in [-0.2, 0) is 16.0 Å². The van der Waals surface area contributed by atoms with Crippen molar-refractivity contribution in [2.75, 3.05) is 24.2 Å². The zero-order valence-corrected chi connectivity index (χ0v) is 10.5. The van der Waals surface area contributed by atoms with Gasteiger partial charge in [0.25, 0.3) is 0 Å². The van der Waals surface area contributed by atoms with E-state index in [9.17, 15) is 9.59 Å². The first-order chi connectivity index (χ1) is 8.69. The molecule has 1 aliphatic rings. The molecule has 0 radical (unpaired) electrons. The summed E-state index contributed by atoms with van der Waals surface area (Å²) in [5.74, 6) is 0.0916. The third kappa shape index (κ3) is 3.24. The Morgan fingerprint density at radius 1 is 1.50 bits per heavy atom. The van der Waals surface area contributed by atoms with E-state index in [1.807, 2.05) is 18.2 Å². The Balaban J connectivity index is 1.96. The van der Waals surface area contributed by atoms with Gasteiger partial charge in [0.1, 0.15) is 6.61 Å². The zero-order chi connectivity index (χ0) is 13.0. The summed E-state index contributed by atoms with van der Waals surface area (Å²) in [5.41, 5.74) is 1.87. The second-order valence-corrected chi connectivity index (χ2v) is 4.94. The van der Waals surface area contributed by atoms with Gasteiger partial charge in [0.05, 0.1) is 11.4 Å². The predicted octanol–water partition coefficient (Wildman–Crippen LogP) is 0.382. The molecule has 0 spiro atoms. The number of carbonyl (C=O) groups excluding carboxylic acids is 2. The minimum atomic E-state index is -0.489. The van der Waals surface area contributed by atoms with Crippen LogP contribution in [0.5, 0.6) is 0 Å². The van der Waals surface area contributed by atoms with E-state index in [-0.39, 0.29) is 11.8 Å². The number of carbonyl (C=O) groups is 2. The maximum Gasteiger partial charge on any atom is 0.245 e. The molecule has 0 aliphatic carbocycles. The number of benzene rings is 1. The van der Waals surface area contributed by atoms with Crippen molar-refractivity contribution < 1.29 is 14.7 Å². The van der Waals surface area contributed by atoms with Gasteiger partial charge in [-0.2, -0.15) is 0 Å². The molecule has 0 saturated carbocycles. The summed E-state index contributed by atoms with van der Waals surface area (Å²) in [4.78, 5) is 23.2. The van der Waals surface area contributed by atoms with Crippen LogP contribution < -0.4 is 10.6 Å². The minimum absolute atomic E-state index is 0.0123. The Labute approximate surface area is 109 Å². The predicted molar refractivity (Wildman–Crippen MR) is 69.6 cm³/mol. The molecule has 2 rings (SSSR count). The first kappa shape index (κ1) is 12.9. The van der Waals surface area contributed by atoms with Crippen molar-refractivity contribution in [3.8, 4) is 0 Å². The summed E-state index contributed by atoms with van der Waals surface area (Å²) in [7, 11) is 0. The molecule has 0 saturated heterocycles. The molecule has 0 bridgehead atoms. The van der Waals surface area contributed by atoms with Crippen molar-refractivity contribution in [3.63, 3.8) is 0 Å². The van der Waals surface area contributed by atoms with E-state index in [0.717, 1.165) is 16.1 Å². The van der Waals surface area contributed by atoms with Crippen LogP contribution in [-0.4, -0.2) is 35.8 Å². The van der Waals surface area contributed by atoms with Crippen LogP contribution >= 0.6 is 11.8 Å². The van der Waals surface area contributed by atoms with Gasteiger partial charge in [0, 0.05) is 11.4 Å². The minimum Gasteiger partial charge on any atom is -0.387 e. The number of hydrogen-bond donors (Lipinski definition) is 3. The number of hydrogen-bond acceptors (Lipinski definition) is 4. The number of aliphatic hydroxyl groups excluding tert-OH is 1. The largest absolute Gasteiger partial charge is 0.387 e. The van der Waals surface area contributed by atoms with Gasteiger partial charge in [0.2, 0.25) is 11.8 Å². The highest BCUT2D eigenvalue weighted by molar-refractivity contribution is 8.00. The average Bonchev–Trinajstić information content (AvgIpc) is 2.38. The number of anilines is 1. The van der Waals surface area contributed by atoms with Gasteiger partial charge in [0.15, 0.2) is 0 Å². The monoisotopic (exact) mass is 266 g/mol. The molecule has 5 nitrogen and oxygen atoms in total. The van der Waals surface area contributed by atoms with Crippen molar-refractivity contribution in [1.29, 1.82) is 0 Å². The first-order valence-electron chi connectivity index (χ1n) is 5.62. The van der Waals surface area contributed by atoms with Crippen LogP contribution in [0.25, 0.3) is 0 Å². The molecule has 0 fully saturated rings. The number of nitrogens with one attached hydrogen (secondary N) is 2. The molecule has 6 heteroatoms. The van der Waals surface area contributed by atoms with Gasteiger partial charge < -0.3 is 15.7 Å². The van der Waals surface area contributed by atoms with Gasteiger partial charge >= 0.3 is 0 Å². The van der Waals surface area contributed by atoms with E-state index in [2.05, 4.69) is 10.6 Å². The topological polar surface area (TPSA) is 78.4 Å². The lowest BCUT2D eigenvalue weighted by atomic mass is 10.1. The lowest BCUT2D eigenvalue weighted by Crippen LogP contribution is -2.28. The van der Waals surface area contributed by atoms with Crippen molar-refractivity contribution in [3.05, 3.63) is 23.8 Å². The molecule has 96 valence electrons. The quantitative estimate of drug-likeness (QED) is 0.736. The number of aliphatic hydroxyl groups is 1. The molecule has 1 aliphatic heterocycles. The summed E-state index contributed by atoms with van der Waals surface area (Å²) < 4.78 is 0. The van der Waals surface area contributed by atoms with E-state index < -0.39 is 6.61 Å². The van der Waals surface area contributed by atoms with Gasteiger partial charge in [-0.25, -0.2) is 0 Å². The Hall–Kier alpha value is -1.53. The first-order valence-corrected chi connectivity index (χ1v) is 6.61. The second-order valence-electron chi connectivity index (χ2n) is 3.93. The van der Waals surface area contributed by atoms with Crippen LogP contribution in [0.15, 0.2) is 23.1 Å². The Morgan fingerprint density at radius 2 is 2.33 bits per heavy atom. The molecule has 18 heavy (non-hydrogen) atoms. The molecule has 3 N–H and O–H groups in total. The van der Waals surface area contributed by atoms with Crippen LogP contribution in [0.1, 0.15) is 5.56 Å². The van der Waals surface area contributed by atoms with Crippen molar-refractivity contribution in [2.45, 2.75) is 11.3 Å². The summed E-state index contributed by atoms with van der Waals surface area (Å²) in [6.07, 6.45) is 0.666. The number of rotatable bonds is 4. The van der Waals surface area contributed by atoms with Crippen molar-refractivity contribution in [1.82, 2.24) is 5.32 Å². The Morgan fingerprint density at radius 3 is 3.11 bits per heavy atom. The lowest BCUT2D eigenvalue weighted by molar-refractivity contribution is -0.123. The maximum atomic E-state index is 11.3. The van der Waals surface area contributed by atoms with Gasteiger partial charge in [-0.05, 0) is 24.1 Å². The van der Waals surface area contributed by atoms with Gasteiger partial charge in [-0.15, -0.1) is 11.8 Å². The second kappa shape index (κ2) is 5.88. The third-order valence-electron chi connectivity index (χ3n) is 2.56. The summed E-state index contributed by atoms with van der Waals surface area (Å²) in [6.45, 7) is -0.0177. The third-order valence-corrected chi connectivity index (χ3v) is 3.63. The number of fused-ring (bicyclic) bond motifs is 1. The molecule has 0 unspecified atom stereocenters. The fourth-order valence-corrected chi connectivity index (χ4v) is 2.48. The molecular weight excluding hydrogens is 252 g/mol. The van der Waals surface area contributed by atoms with Gasteiger partial charge in [-0.1, -0.05) is 6.07 Å². The lowest BCUT2D eigenvalue weighted by Gasteiger charge is -2.17. The molecule has 1 heterocycles. The van der Waals surface area contributed by atoms with Crippen molar-refractivity contribution >= 4 is 29.3 Å². The Bertz CT molecular complexity index is 476. The molecule has 2 amide bonds. The molecule has 0 aromatic heterocycles. The van der Waals surface area contributed by atoms with E-state index in [4.69, 9.17) is 5.11 Å². The van der Waals surface area contributed by atoms with E-state index >= 15 is 0 Å². The Kier molecular flexibility index (Phi) is 4.22.